The molecule has 0 radical (unpaired) electrons. The highest BCUT2D eigenvalue weighted by molar-refractivity contribution is 5.01. The predicted octanol–water partition coefficient (Wildman–Crippen LogP) is 0.567. The first-order chi connectivity index (χ1) is 7.84. The summed E-state index contributed by atoms with van der Waals surface area (Å²) in [5.41, 5.74) is 5.99. The first kappa shape index (κ1) is 10.2. The van der Waals surface area contributed by atoms with Crippen molar-refractivity contribution in [2.24, 2.45) is 11.7 Å². The molecule has 2 fully saturated rings. The van der Waals surface area contributed by atoms with Crippen LogP contribution in [0.15, 0.2) is 4.52 Å². The van der Waals surface area contributed by atoms with Gasteiger partial charge < -0.3 is 19.7 Å². The molecule has 2 aliphatic rings. The van der Waals surface area contributed by atoms with E-state index in [9.17, 15) is 0 Å². The molecule has 0 spiro atoms. The topological polar surface area (TPSA) is 83.4 Å². The number of nitrogens with two attached hydrogens (primary N) is 1. The van der Waals surface area contributed by atoms with Crippen molar-refractivity contribution >= 4 is 0 Å². The molecule has 0 bridgehead atoms. The van der Waals surface area contributed by atoms with E-state index in [0.29, 0.717) is 37.5 Å². The van der Waals surface area contributed by atoms with E-state index in [4.69, 9.17) is 19.7 Å². The maximum atomic E-state index is 5.99. The summed E-state index contributed by atoms with van der Waals surface area (Å²) in [6.07, 6.45) is 2.09. The average molecular weight is 225 g/mol. The van der Waals surface area contributed by atoms with E-state index in [1.807, 2.05) is 0 Å². The second kappa shape index (κ2) is 4.12. The van der Waals surface area contributed by atoms with Gasteiger partial charge in [-0.05, 0) is 18.8 Å². The lowest BCUT2D eigenvalue weighted by molar-refractivity contribution is -0.101. The minimum absolute atomic E-state index is 0.0954. The monoisotopic (exact) mass is 225 g/mol. The highest BCUT2D eigenvalue weighted by atomic mass is 16.6. The molecule has 2 heterocycles. The standard InChI is InChI=1S/C10H15N3O3/c11-8(6-1-2-6)9-12-10(16-13-9)7-5-14-3-4-15-7/h6-8H,1-5,11H2. The van der Waals surface area contributed by atoms with Crippen LogP contribution in [-0.4, -0.2) is 30.0 Å². The van der Waals surface area contributed by atoms with E-state index >= 15 is 0 Å². The van der Waals surface area contributed by atoms with Gasteiger partial charge in [0, 0.05) is 0 Å². The van der Waals surface area contributed by atoms with Crippen LogP contribution in [0.2, 0.25) is 0 Å². The van der Waals surface area contributed by atoms with E-state index in [1.165, 1.54) is 0 Å². The zero-order valence-electron chi connectivity index (χ0n) is 8.96. The lowest BCUT2D eigenvalue weighted by Crippen LogP contribution is -2.22. The summed E-state index contributed by atoms with van der Waals surface area (Å²) in [4.78, 5) is 4.29. The van der Waals surface area contributed by atoms with Crippen molar-refractivity contribution in [3.05, 3.63) is 11.7 Å². The molecule has 1 aliphatic carbocycles. The largest absolute Gasteiger partial charge is 0.376 e. The molecular formula is C10H15N3O3. The Bertz CT molecular complexity index is 358. The molecule has 16 heavy (non-hydrogen) atoms. The Morgan fingerprint density at radius 1 is 1.31 bits per heavy atom. The van der Waals surface area contributed by atoms with E-state index in [1.54, 1.807) is 0 Å². The molecule has 1 aromatic heterocycles. The second-order valence-electron chi connectivity index (χ2n) is 4.29. The quantitative estimate of drug-likeness (QED) is 0.809. The van der Waals surface area contributed by atoms with Gasteiger partial charge >= 0.3 is 0 Å². The predicted molar refractivity (Wildman–Crippen MR) is 53.5 cm³/mol. The van der Waals surface area contributed by atoms with Crippen LogP contribution in [-0.2, 0) is 9.47 Å². The van der Waals surface area contributed by atoms with Crippen molar-refractivity contribution in [1.29, 1.82) is 0 Å². The van der Waals surface area contributed by atoms with E-state index in [-0.39, 0.29) is 12.1 Å². The van der Waals surface area contributed by atoms with Crippen LogP contribution in [0.1, 0.15) is 36.7 Å². The highest BCUT2D eigenvalue weighted by Gasteiger charge is 2.33. The lowest BCUT2D eigenvalue weighted by atomic mass is 10.2. The smallest absolute Gasteiger partial charge is 0.258 e. The van der Waals surface area contributed by atoms with Crippen LogP contribution < -0.4 is 5.73 Å². The van der Waals surface area contributed by atoms with Crippen LogP contribution in [0.4, 0.5) is 0 Å². The zero-order valence-corrected chi connectivity index (χ0v) is 8.96. The average Bonchev–Trinajstić information content (AvgIpc) is 3.07. The lowest BCUT2D eigenvalue weighted by Gasteiger charge is -2.19. The van der Waals surface area contributed by atoms with Crippen molar-refractivity contribution in [1.82, 2.24) is 10.1 Å². The Kier molecular flexibility index (Phi) is 2.62. The molecule has 1 aromatic rings. The van der Waals surface area contributed by atoms with Crippen LogP contribution in [0.5, 0.6) is 0 Å². The maximum absolute atomic E-state index is 5.99. The van der Waals surface area contributed by atoms with Gasteiger partial charge in [0.1, 0.15) is 0 Å². The SMILES string of the molecule is NC(c1noc(C2COCCO2)n1)C1CC1. The summed E-state index contributed by atoms with van der Waals surface area (Å²) in [5.74, 6) is 1.59. The number of rotatable bonds is 3. The number of aromatic nitrogens is 2. The van der Waals surface area contributed by atoms with Crippen molar-refractivity contribution < 1.29 is 14.0 Å². The number of hydrogen-bond donors (Lipinski definition) is 1. The van der Waals surface area contributed by atoms with Crippen LogP contribution >= 0.6 is 0 Å². The molecule has 2 N–H and O–H groups in total. The van der Waals surface area contributed by atoms with Gasteiger partial charge in [-0.1, -0.05) is 5.16 Å². The first-order valence-corrected chi connectivity index (χ1v) is 5.63. The van der Waals surface area contributed by atoms with Crippen molar-refractivity contribution in [2.75, 3.05) is 19.8 Å². The van der Waals surface area contributed by atoms with E-state index < -0.39 is 0 Å². The van der Waals surface area contributed by atoms with E-state index in [0.717, 1.165) is 12.8 Å². The Labute approximate surface area is 93.1 Å². The van der Waals surface area contributed by atoms with E-state index in [2.05, 4.69) is 10.1 Å². The normalized spacial score (nSPS) is 27.9. The Morgan fingerprint density at radius 3 is 2.88 bits per heavy atom. The van der Waals surface area contributed by atoms with Crippen LogP contribution in [0.3, 0.4) is 0 Å². The van der Waals surface area contributed by atoms with Gasteiger partial charge in [0.2, 0.25) is 0 Å². The van der Waals surface area contributed by atoms with Crippen molar-refractivity contribution in [2.45, 2.75) is 25.0 Å². The summed E-state index contributed by atoms with van der Waals surface area (Å²) in [5, 5.41) is 3.91. The molecule has 0 aromatic carbocycles. The summed E-state index contributed by atoms with van der Waals surface area (Å²) >= 11 is 0. The fourth-order valence-electron chi connectivity index (χ4n) is 1.81. The number of ether oxygens (including phenoxy) is 2. The Balaban J connectivity index is 1.70. The summed E-state index contributed by atoms with van der Waals surface area (Å²) in [6.45, 7) is 1.66. The molecule has 0 amide bonds. The molecule has 1 saturated heterocycles. The van der Waals surface area contributed by atoms with Gasteiger partial charge in [-0.2, -0.15) is 4.98 Å². The summed E-state index contributed by atoms with van der Waals surface area (Å²) in [6, 6.07) is -0.0954. The van der Waals surface area contributed by atoms with Gasteiger partial charge in [-0.3, -0.25) is 0 Å². The van der Waals surface area contributed by atoms with Gasteiger partial charge in [-0.25, -0.2) is 0 Å². The fraction of sp³-hybridized carbons (Fsp3) is 0.800. The molecule has 88 valence electrons. The third kappa shape index (κ3) is 1.95. The minimum Gasteiger partial charge on any atom is -0.376 e. The van der Waals surface area contributed by atoms with Gasteiger partial charge in [0.05, 0.1) is 25.9 Å². The summed E-state index contributed by atoms with van der Waals surface area (Å²) < 4.78 is 15.9. The highest BCUT2D eigenvalue weighted by Crippen LogP contribution is 2.38. The van der Waals surface area contributed by atoms with Gasteiger partial charge in [0.15, 0.2) is 11.9 Å². The van der Waals surface area contributed by atoms with Crippen LogP contribution in [0, 0.1) is 5.92 Å². The summed E-state index contributed by atoms with van der Waals surface area (Å²) in [7, 11) is 0. The van der Waals surface area contributed by atoms with Gasteiger partial charge in [-0.15, -0.1) is 0 Å². The molecule has 6 heteroatoms. The molecule has 1 aliphatic heterocycles. The molecule has 2 atom stereocenters. The first-order valence-electron chi connectivity index (χ1n) is 5.63. The minimum atomic E-state index is -0.235. The molecule has 2 unspecified atom stereocenters. The third-order valence-corrected chi connectivity index (χ3v) is 2.98. The maximum Gasteiger partial charge on any atom is 0.258 e. The van der Waals surface area contributed by atoms with Gasteiger partial charge in [0.25, 0.3) is 5.89 Å². The number of hydrogen-bond acceptors (Lipinski definition) is 6. The van der Waals surface area contributed by atoms with Crippen LogP contribution in [0.25, 0.3) is 0 Å². The molecular weight excluding hydrogens is 210 g/mol. The van der Waals surface area contributed by atoms with Crippen molar-refractivity contribution in [3.63, 3.8) is 0 Å². The molecule has 6 nitrogen and oxygen atoms in total. The van der Waals surface area contributed by atoms with Crippen molar-refractivity contribution in [3.8, 4) is 0 Å². The third-order valence-electron chi connectivity index (χ3n) is 2.98. The fourth-order valence-corrected chi connectivity index (χ4v) is 1.81. The molecule has 3 rings (SSSR count). The Hall–Kier alpha value is -0.980. The Morgan fingerprint density at radius 2 is 2.19 bits per heavy atom. The molecule has 1 saturated carbocycles. The zero-order chi connectivity index (χ0) is 11.0. The number of nitrogens with zero attached hydrogens (tertiary/aromatic N) is 2. The second-order valence-corrected chi connectivity index (χ2v) is 4.29.